The maximum absolute atomic E-state index is 10.8. The summed E-state index contributed by atoms with van der Waals surface area (Å²) in [6, 6.07) is 1.61. The molecule has 1 rings (SSSR count). The van der Waals surface area contributed by atoms with E-state index in [4.69, 9.17) is 10.8 Å². The molecule has 3 N–H and O–H groups in total. The predicted molar refractivity (Wildman–Crippen MR) is 40.1 cm³/mol. The molecule has 1 aromatic heterocycles. The minimum absolute atomic E-state index is 0.321. The Kier molecular flexibility index (Phi) is 2.03. The van der Waals surface area contributed by atoms with Crippen molar-refractivity contribution < 1.29 is 9.90 Å². The summed E-state index contributed by atoms with van der Waals surface area (Å²) in [4.78, 5) is 10.8. The van der Waals surface area contributed by atoms with Crippen LogP contribution in [0, 0.1) is 0 Å². The Hall–Kier alpha value is -0.870. The van der Waals surface area contributed by atoms with Gasteiger partial charge in [0.1, 0.15) is 6.61 Å². The van der Waals surface area contributed by atoms with Gasteiger partial charge >= 0.3 is 0 Å². The molecule has 1 aromatic rings. The lowest BCUT2D eigenvalue weighted by atomic mass is 10.2. The van der Waals surface area contributed by atoms with Crippen LogP contribution in [-0.2, 0) is 0 Å². The Bertz CT molecular complexity index is 244. The largest absolute Gasteiger partial charge is 0.390 e. The van der Waals surface area contributed by atoms with E-state index in [0.29, 0.717) is 10.6 Å². The molecule has 3 nitrogen and oxygen atoms in total. The van der Waals surface area contributed by atoms with Crippen molar-refractivity contribution in [3.05, 3.63) is 17.0 Å². The zero-order valence-electron chi connectivity index (χ0n) is 5.20. The number of carbonyl (C=O) groups excluding carboxylic acids is 1. The van der Waals surface area contributed by atoms with Gasteiger partial charge < -0.3 is 10.8 Å². The second-order valence-corrected chi connectivity index (χ2v) is 2.73. The van der Waals surface area contributed by atoms with E-state index in [-0.39, 0.29) is 5.78 Å². The molecule has 1 heterocycles. The van der Waals surface area contributed by atoms with Crippen LogP contribution >= 0.6 is 11.3 Å². The molecule has 0 fully saturated rings. The summed E-state index contributed by atoms with van der Waals surface area (Å²) in [7, 11) is 0. The van der Waals surface area contributed by atoms with Crippen LogP contribution in [0.4, 0.5) is 5.00 Å². The number of nitrogens with two attached hydrogens (primary N) is 1. The van der Waals surface area contributed by atoms with Gasteiger partial charge in [0.05, 0.1) is 10.6 Å². The summed E-state index contributed by atoms with van der Waals surface area (Å²) in [5.41, 5.74) is 5.83. The maximum atomic E-state index is 10.8. The molecule has 0 saturated heterocycles. The maximum Gasteiger partial charge on any atom is 0.191 e. The van der Waals surface area contributed by atoms with Crippen molar-refractivity contribution >= 4 is 22.1 Å². The molecule has 0 bridgehead atoms. The van der Waals surface area contributed by atoms with Gasteiger partial charge in [-0.2, -0.15) is 0 Å². The third kappa shape index (κ3) is 1.17. The van der Waals surface area contributed by atoms with Crippen molar-refractivity contribution in [2.24, 2.45) is 0 Å². The molecule has 4 heteroatoms. The average molecular weight is 157 g/mol. The highest BCUT2D eigenvalue weighted by Gasteiger charge is 2.07. The molecule has 0 saturated carbocycles. The highest BCUT2D eigenvalue weighted by Crippen LogP contribution is 2.18. The average Bonchev–Trinajstić information content (AvgIpc) is 2.34. The Labute approximate surface area is 62.1 Å². The number of aliphatic hydroxyl groups excluding tert-OH is 1. The summed E-state index contributed by atoms with van der Waals surface area (Å²) in [6.45, 7) is -0.471. The van der Waals surface area contributed by atoms with Crippen LogP contribution in [0.1, 0.15) is 10.4 Å². The molecule has 0 unspecified atom stereocenters. The second-order valence-electron chi connectivity index (χ2n) is 1.78. The molecular weight excluding hydrogens is 150 g/mol. The van der Waals surface area contributed by atoms with Gasteiger partial charge in [0.25, 0.3) is 0 Å². The van der Waals surface area contributed by atoms with Gasteiger partial charge in [0, 0.05) is 0 Å². The fraction of sp³-hybridized carbons (Fsp3) is 0.167. The summed E-state index contributed by atoms with van der Waals surface area (Å²) >= 11 is 1.29. The van der Waals surface area contributed by atoms with Gasteiger partial charge in [-0.1, -0.05) is 0 Å². The number of thiophene rings is 1. The monoisotopic (exact) mass is 157 g/mol. The summed E-state index contributed by atoms with van der Waals surface area (Å²) < 4.78 is 0. The lowest BCUT2D eigenvalue weighted by Gasteiger charge is -1.91. The van der Waals surface area contributed by atoms with E-state index in [9.17, 15) is 4.79 Å². The first kappa shape index (κ1) is 7.24. The number of hydrogen-bond donors (Lipinski definition) is 2. The number of ketones is 1. The molecule has 0 atom stereocenters. The normalized spacial score (nSPS) is 9.70. The third-order valence-corrected chi connectivity index (χ3v) is 1.89. The third-order valence-electron chi connectivity index (χ3n) is 1.14. The zero-order chi connectivity index (χ0) is 7.56. The van der Waals surface area contributed by atoms with Crippen LogP contribution in [0.2, 0.25) is 0 Å². The lowest BCUT2D eigenvalue weighted by Crippen LogP contribution is -2.04. The number of anilines is 1. The van der Waals surface area contributed by atoms with Crippen molar-refractivity contribution in [2.45, 2.75) is 0 Å². The minimum Gasteiger partial charge on any atom is -0.390 e. The molecule has 0 radical (unpaired) electrons. The van der Waals surface area contributed by atoms with E-state index in [1.54, 1.807) is 11.4 Å². The van der Waals surface area contributed by atoms with E-state index in [2.05, 4.69) is 0 Å². The van der Waals surface area contributed by atoms with Gasteiger partial charge in [-0.25, -0.2) is 0 Å². The Morgan fingerprint density at radius 2 is 2.50 bits per heavy atom. The number of hydrogen-bond acceptors (Lipinski definition) is 4. The van der Waals surface area contributed by atoms with Crippen LogP contribution in [0.3, 0.4) is 0 Å². The number of Topliss-reactive ketones (excluding diaryl/α,β-unsaturated/α-hetero) is 1. The number of carbonyl (C=O) groups is 1. The smallest absolute Gasteiger partial charge is 0.191 e. The van der Waals surface area contributed by atoms with Crippen molar-refractivity contribution in [3.63, 3.8) is 0 Å². The van der Waals surface area contributed by atoms with Crippen molar-refractivity contribution in [1.29, 1.82) is 0 Å². The fourth-order valence-corrected chi connectivity index (χ4v) is 1.30. The van der Waals surface area contributed by atoms with Crippen molar-refractivity contribution in [2.75, 3.05) is 12.3 Å². The quantitative estimate of drug-likeness (QED) is 0.614. The topological polar surface area (TPSA) is 63.3 Å². The zero-order valence-corrected chi connectivity index (χ0v) is 6.02. The highest BCUT2D eigenvalue weighted by atomic mass is 32.1. The van der Waals surface area contributed by atoms with Crippen molar-refractivity contribution in [3.8, 4) is 0 Å². The first-order valence-corrected chi connectivity index (χ1v) is 3.60. The van der Waals surface area contributed by atoms with Crippen LogP contribution in [-0.4, -0.2) is 17.5 Å². The molecule has 0 aliphatic carbocycles. The fourth-order valence-electron chi connectivity index (χ4n) is 0.637. The van der Waals surface area contributed by atoms with Gasteiger partial charge in [-0.15, -0.1) is 11.3 Å². The van der Waals surface area contributed by atoms with Crippen LogP contribution in [0.15, 0.2) is 11.4 Å². The Morgan fingerprint density at radius 3 is 2.90 bits per heavy atom. The lowest BCUT2D eigenvalue weighted by molar-refractivity contribution is 0.0905. The molecule has 0 amide bonds. The van der Waals surface area contributed by atoms with Crippen LogP contribution in [0.5, 0.6) is 0 Å². The molecule has 0 aliphatic heterocycles. The summed E-state index contributed by atoms with van der Waals surface area (Å²) in [5, 5.41) is 10.6. The van der Waals surface area contributed by atoms with Crippen LogP contribution in [0.25, 0.3) is 0 Å². The van der Waals surface area contributed by atoms with Gasteiger partial charge in [0.15, 0.2) is 5.78 Å². The molecule has 10 heavy (non-hydrogen) atoms. The van der Waals surface area contributed by atoms with Gasteiger partial charge in [0.2, 0.25) is 0 Å². The van der Waals surface area contributed by atoms with E-state index < -0.39 is 6.61 Å². The second kappa shape index (κ2) is 2.81. The first-order chi connectivity index (χ1) is 4.75. The number of nitrogen functional groups attached to an aromatic ring is 1. The predicted octanol–water partition coefficient (Wildman–Crippen LogP) is 0.505. The van der Waals surface area contributed by atoms with Crippen molar-refractivity contribution in [1.82, 2.24) is 0 Å². The molecule has 54 valence electrons. The summed E-state index contributed by atoms with van der Waals surface area (Å²) in [5.74, 6) is -0.321. The SMILES string of the molecule is Nc1sccc1C(=O)CO. The van der Waals surface area contributed by atoms with E-state index >= 15 is 0 Å². The molecule has 0 aliphatic rings. The Balaban J connectivity index is 2.93. The highest BCUT2D eigenvalue weighted by molar-refractivity contribution is 7.14. The standard InChI is InChI=1S/C6H7NO2S/c7-6-4(1-2-10-6)5(9)3-8/h1-2,8H,3,7H2. The van der Waals surface area contributed by atoms with E-state index in [1.165, 1.54) is 11.3 Å². The minimum atomic E-state index is -0.471. The number of rotatable bonds is 2. The summed E-state index contributed by atoms with van der Waals surface area (Å²) in [6.07, 6.45) is 0. The van der Waals surface area contributed by atoms with E-state index in [1.807, 2.05) is 0 Å². The molecule has 0 spiro atoms. The number of aliphatic hydroxyl groups is 1. The van der Waals surface area contributed by atoms with Crippen LogP contribution < -0.4 is 5.73 Å². The van der Waals surface area contributed by atoms with Gasteiger partial charge in [-0.05, 0) is 11.4 Å². The first-order valence-electron chi connectivity index (χ1n) is 2.72. The van der Waals surface area contributed by atoms with Gasteiger partial charge in [-0.3, -0.25) is 4.79 Å². The molecule has 0 aromatic carbocycles. The Morgan fingerprint density at radius 1 is 1.80 bits per heavy atom. The van der Waals surface area contributed by atoms with E-state index in [0.717, 1.165) is 0 Å². The molecular formula is C6H7NO2S.